The van der Waals surface area contributed by atoms with Gasteiger partial charge < -0.3 is 0 Å². The van der Waals surface area contributed by atoms with Crippen LogP contribution in [0.5, 0.6) is 0 Å². The van der Waals surface area contributed by atoms with Crippen LogP contribution in [-0.4, -0.2) is 18.1 Å². The molecule has 1 aliphatic rings. The molecule has 0 bridgehead atoms. The SMILES string of the molecule is CC1CN=CC(Cl)C1C#N. The average molecular weight is 157 g/mol. The first kappa shape index (κ1) is 7.56. The summed E-state index contributed by atoms with van der Waals surface area (Å²) < 4.78 is 0. The number of hydrogen-bond donors (Lipinski definition) is 0. The van der Waals surface area contributed by atoms with Crippen molar-refractivity contribution >= 4 is 17.8 Å². The van der Waals surface area contributed by atoms with E-state index >= 15 is 0 Å². The highest BCUT2D eigenvalue weighted by molar-refractivity contribution is 6.28. The fourth-order valence-corrected chi connectivity index (χ4v) is 1.43. The first-order valence-corrected chi connectivity index (χ1v) is 3.73. The molecule has 0 saturated carbocycles. The van der Waals surface area contributed by atoms with Gasteiger partial charge in [-0.3, -0.25) is 4.99 Å². The van der Waals surface area contributed by atoms with Crippen molar-refractivity contribution in [2.75, 3.05) is 6.54 Å². The van der Waals surface area contributed by atoms with E-state index in [2.05, 4.69) is 11.1 Å². The number of hydrogen-bond acceptors (Lipinski definition) is 2. The molecule has 10 heavy (non-hydrogen) atoms. The molecule has 3 unspecified atom stereocenters. The molecule has 0 radical (unpaired) electrons. The molecule has 0 aromatic carbocycles. The van der Waals surface area contributed by atoms with E-state index in [4.69, 9.17) is 16.9 Å². The lowest BCUT2D eigenvalue weighted by atomic mass is 9.90. The minimum Gasteiger partial charge on any atom is -0.296 e. The van der Waals surface area contributed by atoms with E-state index in [-0.39, 0.29) is 11.3 Å². The third kappa shape index (κ3) is 1.30. The van der Waals surface area contributed by atoms with E-state index < -0.39 is 0 Å². The lowest BCUT2D eigenvalue weighted by molar-refractivity contribution is 0.451. The van der Waals surface area contributed by atoms with E-state index in [1.54, 1.807) is 6.21 Å². The molecule has 1 heterocycles. The van der Waals surface area contributed by atoms with Crippen molar-refractivity contribution in [1.82, 2.24) is 0 Å². The second-order valence-corrected chi connectivity index (χ2v) is 3.09. The van der Waals surface area contributed by atoms with Gasteiger partial charge in [0.2, 0.25) is 0 Å². The second kappa shape index (κ2) is 3.03. The summed E-state index contributed by atoms with van der Waals surface area (Å²) in [4.78, 5) is 4.03. The van der Waals surface area contributed by atoms with Gasteiger partial charge in [-0.15, -0.1) is 11.6 Å². The normalized spacial score (nSPS) is 39.1. The maximum absolute atomic E-state index is 8.64. The van der Waals surface area contributed by atoms with Gasteiger partial charge in [-0.05, 0) is 5.92 Å². The average Bonchev–Trinajstić information content (AvgIpc) is 1.88. The number of nitriles is 1. The number of halogens is 1. The van der Waals surface area contributed by atoms with E-state index in [1.807, 2.05) is 6.92 Å². The number of rotatable bonds is 0. The Morgan fingerprint density at radius 1 is 1.80 bits per heavy atom. The standard InChI is InChI=1S/C7H9ClN2/c1-5-3-10-4-7(8)6(5)2-9/h4-7H,3H2,1H3. The molecule has 0 aromatic heterocycles. The van der Waals surface area contributed by atoms with Crippen LogP contribution >= 0.6 is 11.6 Å². The molecule has 0 N–H and O–H groups in total. The van der Waals surface area contributed by atoms with Gasteiger partial charge in [0.15, 0.2) is 0 Å². The molecule has 0 spiro atoms. The van der Waals surface area contributed by atoms with E-state index in [0.717, 1.165) is 6.54 Å². The summed E-state index contributed by atoms with van der Waals surface area (Å²) in [5, 5.41) is 8.45. The molecule has 2 nitrogen and oxygen atoms in total. The summed E-state index contributed by atoms with van der Waals surface area (Å²) in [5.41, 5.74) is 0. The molecule has 54 valence electrons. The topological polar surface area (TPSA) is 36.1 Å². The summed E-state index contributed by atoms with van der Waals surface area (Å²) in [6, 6.07) is 2.18. The first-order chi connectivity index (χ1) is 4.75. The van der Waals surface area contributed by atoms with Gasteiger partial charge in [-0.2, -0.15) is 5.26 Å². The Balaban J connectivity index is 2.70. The fraction of sp³-hybridized carbons (Fsp3) is 0.714. The highest BCUT2D eigenvalue weighted by Gasteiger charge is 2.26. The second-order valence-electron chi connectivity index (χ2n) is 2.59. The van der Waals surface area contributed by atoms with Crippen LogP contribution in [0.25, 0.3) is 0 Å². The van der Waals surface area contributed by atoms with Crippen LogP contribution in [0, 0.1) is 23.2 Å². The Kier molecular flexibility index (Phi) is 2.29. The summed E-state index contributed by atoms with van der Waals surface area (Å²) in [7, 11) is 0. The van der Waals surface area contributed by atoms with Gasteiger partial charge in [0, 0.05) is 12.8 Å². The van der Waals surface area contributed by atoms with Crippen LogP contribution in [0.15, 0.2) is 4.99 Å². The molecule has 1 aliphatic heterocycles. The van der Waals surface area contributed by atoms with Gasteiger partial charge in [0.05, 0.1) is 17.4 Å². The van der Waals surface area contributed by atoms with Crippen LogP contribution in [0.3, 0.4) is 0 Å². The van der Waals surface area contributed by atoms with Crippen molar-refractivity contribution in [3.05, 3.63) is 0 Å². The summed E-state index contributed by atoms with van der Waals surface area (Å²) in [6.07, 6.45) is 1.66. The van der Waals surface area contributed by atoms with Crippen molar-refractivity contribution in [3.8, 4) is 6.07 Å². The molecule has 0 aliphatic carbocycles. The molecule has 1 rings (SSSR count). The van der Waals surface area contributed by atoms with Crippen LogP contribution in [0.1, 0.15) is 6.92 Å². The molecule has 0 saturated heterocycles. The zero-order valence-electron chi connectivity index (χ0n) is 5.79. The fourth-order valence-electron chi connectivity index (χ4n) is 1.05. The van der Waals surface area contributed by atoms with Gasteiger partial charge in [0.1, 0.15) is 0 Å². The predicted octanol–water partition coefficient (Wildman–Crippen LogP) is 1.45. The van der Waals surface area contributed by atoms with E-state index in [9.17, 15) is 0 Å². The Labute approximate surface area is 65.5 Å². The smallest absolute Gasteiger partial charge is 0.0844 e. The maximum Gasteiger partial charge on any atom is 0.0844 e. The van der Waals surface area contributed by atoms with Crippen molar-refractivity contribution in [3.63, 3.8) is 0 Å². The third-order valence-electron chi connectivity index (χ3n) is 1.75. The Morgan fingerprint density at radius 3 is 2.90 bits per heavy atom. The number of alkyl halides is 1. The zero-order valence-corrected chi connectivity index (χ0v) is 6.54. The van der Waals surface area contributed by atoms with Crippen LogP contribution < -0.4 is 0 Å². The van der Waals surface area contributed by atoms with Crippen molar-refractivity contribution < 1.29 is 0 Å². The molecular weight excluding hydrogens is 148 g/mol. The highest BCUT2D eigenvalue weighted by Crippen LogP contribution is 2.22. The minimum atomic E-state index is -0.186. The Morgan fingerprint density at radius 2 is 2.50 bits per heavy atom. The maximum atomic E-state index is 8.64. The Hall–Kier alpha value is -0.550. The lowest BCUT2D eigenvalue weighted by Gasteiger charge is -2.21. The first-order valence-electron chi connectivity index (χ1n) is 3.29. The van der Waals surface area contributed by atoms with Crippen molar-refractivity contribution in [2.45, 2.75) is 12.3 Å². The van der Waals surface area contributed by atoms with Crippen LogP contribution in [0.4, 0.5) is 0 Å². The quantitative estimate of drug-likeness (QED) is 0.489. The molecular formula is C7H9ClN2. The summed E-state index contributed by atoms with van der Waals surface area (Å²) in [6.45, 7) is 2.74. The van der Waals surface area contributed by atoms with Crippen LogP contribution in [0.2, 0.25) is 0 Å². The van der Waals surface area contributed by atoms with Crippen molar-refractivity contribution in [1.29, 1.82) is 5.26 Å². The lowest BCUT2D eigenvalue weighted by Crippen LogP contribution is -2.28. The largest absolute Gasteiger partial charge is 0.296 e. The van der Waals surface area contributed by atoms with Crippen molar-refractivity contribution in [2.24, 2.45) is 16.8 Å². The third-order valence-corrected chi connectivity index (χ3v) is 2.13. The number of aliphatic imine (C=N–C) groups is 1. The highest BCUT2D eigenvalue weighted by atomic mass is 35.5. The van der Waals surface area contributed by atoms with Crippen LogP contribution in [-0.2, 0) is 0 Å². The van der Waals surface area contributed by atoms with Gasteiger partial charge >= 0.3 is 0 Å². The van der Waals surface area contributed by atoms with Gasteiger partial charge in [-0.25, -0.2) is 0 Å². The number of nitrogens with zero attached hydrogens (tertiary/aromatic N) is 2. The monoisotopic (exact) mass is 156 g/mol. The molecule has 3 atom stereocenters. The van der Waals surface area contributed by atoms with E-state index in [0.29, 0.717) is 5.92 Å². The molecule has 0 fully saturated rings. The molecule has 3 heteroatoms. The zero-order chi connectivity index (χ0) is 7.56. The predicted molar refractivity (Wildman–Crippen MR) is 41.3 cm³/mol. The Bertz CT molecular complexity index is 183. The van der Waals surface area contributed by atoms with Gasteiger partial charge in [-0.1, -0.05) is 6.92 Å². The summed E-state index contributed by atoms with van der Waals surface area (Å²) in [5.74, 6) is 0.247. The summed E-state index contributed by atoms with van der Waals surface area (Å²) >= 11 is 5.81. The molecule has 0 amide bonds. The molecule has 0 aromatic rings. The van der Waals surface area contributed by atoms with E-state index in [1.165, 1.54) is 0 Å². The van der Waals surface area contributed by atoms with Gasteiger partial charge in [0.25, 0.3) is 0 Å². The minimum absolute atomic E-state index is 0.0563.